The highest BCUT2D eigenvalue weighted by atomic mass is 16.4. The summed E-state index contributed by atoms with van der Waals surface area (Å²) in [6, 6.07) is -0.146. The standard InChI is InChI=1S/C15H25NO4/c1-10(14(19)20)6-5-7-11(2)16-12(17)8-15(3,4)9-13(16)18/h10-11H,5-9H2,1-4H3,(H,19,20). The summed E-state index contributed by atoms with van der Waals surface area (Å²) < 4.78 is 0. The maximum absolute atomic E-state index is 12.1. The third kappa shape index (κ3) is 4.32. The number of carbonyl (C=O) groups is 3. The number of amides is 2. The molecule has 0 aliphatic carbocycles. The summed E-state index contributed by atoms with van der Waals surface area (Å²) in [4.78, 5) is 36.3. The van der Waals surface area contributed by atoms with E-state index in [2.05, 4.69) is 0 Å². The first-order chi connectivity index (χ1) is 9.14. The Bertz CT molecular complexity index is 383. The lowest BCUT2D eigenvalue weighted by Crippen LogP contribution is -2.50. The summed E-state index contributed by atoms with van der Waals surface area (Å²) in [6.45, 7) is 7.39. The molecule has 5 heteroatoms. The van der Waals surface area contributed by atoms with E-state index in [0.717, 1.165) is 0 Å². The van der Waals surface area contributed by atoms with Gasteiger partial charge in [-0.05, 0) is 25.2 Å². The summed E-state index contributed by atoms with van der Waals surface area (Å²) in [5.74, 6) is -1.39. The van der Waals surface area contributed by atoms with Crippen LogP contribution in [0.25, 0.3) is 0 Å². The Hall–Kier alpha value is -1.39. The van der Waals surface area contributed by atoms with Crippen LogP contribution in [0.3, 0.4) is 0 Å². The Morgan fingerprint density at radius 3 is 2.15 bits per heavy atom. The molecule has 0 saturated carbocycles. The molecule has 1 rings (SSSR count). The molecule has 2 amide bonds. The molecule has 1 aliphatic rings. The lowest BCUT2D eigenvalue weighted by molar-refractivity contribution is -0.155. The van der Waals surface area contributed by atoms with Gasteiger partial charge < -0.3 is 5.11 Å². The maximum atomic E-state index is 12.1. The number of rotatable bonds is 6. The first-order valence-electron chi connectivity index (χ1n) is 7.22. The van der Waals surface area contributed by atoms with Crippen molar-refractivity contribution in [1.29, 1.82) is 0 Å². The Morgan fingerprint density at radius 2 is 1.70 bits per heavy atom. The summed E-state index contributed by atoms with van der Waals surface area (Å²) in [6.07, 6.45) is 2.73. The van der Waals surface area contributed by atoms with E-state index in [1.54, 1.807) is 6.92 Å². The molecule has 2 atom stereocenters. The van der Waals surface area contributed by atoms with Crippen molar-refractivity contribution in [1.82, 2.24) is 4.90 Å². The second-order valence-corrected chi connectivity index (χ2v) is 6.69. The normalized spacial score (nSPS) is 21.7. The summed E-state index contributed by atoms with van der Waals surface area (Å²) in [5.41, 5.74) is -0.248. The minimum Gasteiger partial charge on any atom is -0.481 e. The van der Waals surface area contributed by atoms with E-state index in [-0.39, 0.29) is 29.2 Å². The number of piperidine rings is 1. The first-order valence-corrected chi connectivity index (χ1v) is 7.22. The average molecular weight is 283 g/mol. The maximum Gasteiger partial charge on any atom is 0.306 e. The highest BCUT2D eigenvalue weighted by molar-refractivity contribution is 5.98. The monoisotopic (exact) mass is 283 g/mol. The van der Waals surface area contributed by atoms with E-state index in [0.29, 0.717) is 32.1 Å². The zero-order valence-electron chi connectivity index (χ0n) is 12.8. The van der Waals surface area contributed by atoms with Crippen molar-refractivity contribution >= 4 is 17.8 Å². The van der Waals surface area contributed by atoms with Crippen LogP contribution in [0.5, 0.6) is 0 Å². The number of carboxylic acids is 1. The third-order valence-corrected chi connectivity index (χ3v) is 3.92. The Labute approximate surface area is 120 Å². The predicted molar refractivity (Wildman–Crippen MR) is 75.0 cm³/mol. The number of nitrogens with zero attached hydrogens (tertiary/aromatic N) is 1. The number of likely N-dealkylation sites (tertiary alicyclic amines) is 1. The van der Waals surface area contributed by atoms with Crippen molar-refractivity contribution in [2.75, 3.05) is 0 Å². The zero-order chi connectivity index (χ0) is 15.5. The fraction of sp³-hybridized carbons (Fsp3) is 0.800. The van der Waals surface area contributed by atoms with Gasteiger partial charge in [0.2, 0.25) is 11.8 Å². The molecule has 0 radical (unpaired) electrons. The second kappa shape index (κ2) is 6.37. The van der Waals surface area contributed by atoms with Gasteiger partial charge in [-0.3, -0.25) is 19.3 Å². The highest BCUT2D eigenvalue weighted by Gasteiger charge is 2.39. The van der Waals surface area contributed by atoms with Crippen molar-refractivity contribution in [3.63, 3.8) is 0 Å². The SMILES string of the molecule is CC(CCCC(C)N1C(=O)CC(C)(C)CC1=O)C(=O)O. The number of carbonyl (C=O) groups excluding carboxylic acids is 2. The van der Waals surface area contributed by atoms with Crippen molar-refractivity contribution in [2.45, 2.75) is 65.8 Å². The van der Waals surface area contributed by atoms with Crippen LogP contribution in [0.4, 0.5) is 0 Å². The van der Waals surface area contributed by atoms with Crippen LogP contribution < -0.4 is 0 Å². The lowest BCUT2D eigenvalue weighted by Gasteiger charge is -2.38. The number of imide groups is 1. The number of carboxylic acid groups (broad SMARTS) is 1. The van der Waals surface area contributed by atoms with E-state index in [4.69, 9.17) is 5.11 Å². The van der Waals surface area contributed by atoms with Crippen molar-refractivity contribution in [2.24, 2.45) is 11.3 Å². The van der Waals surface area contributed by atoms with Crippen molar-refractivity contribution in [3.8, 4) is 0 Å². The number of aliphatic carboxylic acids is 1. The average Bonchev–Trinajstić information content (AvgIpc) is 2.25. The Morgan fingerprint density at radius 1 is 1.20 bits per heavy atom. The van der Waals surface area contributed by atoms with E-state index < -0.39 is 5.97 Å². The number of hydrogen-bond donors (Lipinski definition) is 1. The third-order valence-electron chi connectivity index (χ3n) is 3.92. The van der Waals surface area contributed by atoms with Crippen LogP contribution in [0.2, 0.25) is 0 Å². The van der Waals surface area contributed by atoms with Gasteiger partial charge in [0.25, 0.3) is 0 Å². The van der Waals surface area contributed by atoms with Crippen LogP contribution in [-0.4, -0.2) is 33.8 Å². The van der Waals surface area contributed by atoms with Crippen molar-refractivity contribution in [3.05, 3.63) is 0 Å². The molecule has 0 aromatic carbocycles. The van der Waals surface area contributed by atoms with Crippen LogP contribution in [0, 0.1) is 11.3 Å². The van der Waals surface area contributed by atoms with E-state index >= 15 is 0 Å². The molecular weight excluding hydrogens is 258 g/mol. The first kappa shape index (κ1) is 16.7. The molecule has 5 nitrogen and oxygen atoms in total. The molecule has 1 N–H and O–H groups in total. The molecule has 1 heterocycles. The molecule has 1 saturated heterocycles. The minimum absolute atomic E-state index is 0.106. The Kier molecular flexibility index (Phi) is 5.31. The van der Waals surface area contributed by atoms with E-state index in [1.165, 1.54) is 4.90 Å². The van der Waals surface area contributed by atoms with Gasteiger partial charge in [0.05, 0.1) is 5.92 Å². The fourth-order valence-electron chi connectivity index (χ4n) is 2.65. The van der Waals surface area contributed by atoms with Crippen LogP contribution >= 0.6 is 0 Å². The molecule has 0 aromatic heterocycles. The van der Waals surface area contributed by atoms with Gasteiger partial charge in [-0.25, -0.2) is 0 Å². The zero-order valence-corrected chi connectivity index (χ0v) is 12.8. The molecule has 1 aliphatic heterocycles. The van der Waals surface area contributed by atoms with Gasteiger partial charge >= 0.3 is 5.97 Å². The summed E-state index contributed by atoms with van der Waals surface area (Å²) in [7, 11) is 0. The molecule has 0 spiro atoms. The van der Waals surface area contributed by atoms with Gasteiger partial charge in [-0.1, -0.05) is 27.2 Å². The smallest absolute Gasteiger partial charge is 0.306 e. The second-order valence-electron chi connectivity index (χ2n) is 6.69. The molecule has 0 bridgehead atoms. The highest BCUT2D eigenvalue weighted by Crippen LogP contribution is 2.33. The van der Waals surface area contributed by atoms with Crippen LogP contribution in [0.15, 0.2) is 0 Å². The summed E-state index contributed by atoms with van der Waals surface area (Å²) >= 11 is 0. The predicted octanol–water partition coefficient (Wildman–Crippen LogP) is 2.44. The molecular formula is C15H25NO4. The number of hydrogen-bond acceptors (Lipinski definition) is 3. The molecule has 20 heavy (non-hydrogen) atoms. The lowest BCUT2D eigenvalue weighted by atomic mass is 9.81. The summed E-state index contributed by atoms with van der Waals surface area (Å²) in [5, 5.41) is 8.82. The largest absolute Gasteiger partial charge is 0.481 e. The topological polar surface area (TPSA) is 74.7 Å². The van der Waals surface area contributed by atoms with E-state index in [9.17, 15) is 14.4 Å². The van der Waals surface area contributed by atoms with Gasteiger partial charge in [-0.15, -0.1) is 0 Å². The van der Waals surface area contributed by atoms with Gasteiger partial charge in [0.15, 0.2) is 0 Å². The van der Waals surface area contributed by atoms with E-state index in [1.807, 2.05) is 20.8 Å². The quantitative estimate of drug-likeness (QED) is 0.760. The fourth-order valence-corrected chi connectivity index (χ4v) is 2.65. The molecule has 1 fully saturated rings. The van der Waals surface area contributed by atoms with Gasteiger partial charge in [0, 0.05) is 18.9 Å². The van der Waals surface area contributed by atoms with Crippen LogP contribution in [-0.2, 0) is 14.4 Å². The van der Waals surface area contributed by atoms with Gasteiger partial charge in [-0.2, -0.15) is 0 Å². The van der Waals surface area contributed by atoms with Gasteiger partial charge in [0.1, 0.15) is 0 Å². The Balaban J connectivity index is 2.51. The minimum atomic E-state index is -0.801. The van der Waals surface area contributed by atoms with Crippen molar-refractivity contribution < 1.29 is 19.5 Å². The molecule has 2 unspecified atom stereocenters. The van der Waals surface area contributed by atoms with Crippen LogP contribution in [0.1, 0.15) is 59.8 Å². The molecule has 114 valence electrons. The molecule has 0 aromatic rings.